The Morgan fingerprint density at radius 1 is 1.03 bits per heavy atom. The van der Waals surface area contributed by atoms with Gasteiger partial charge in [-0.05, 0) is 55.8 Å². The third kappa shape index (κ3) is 5.01. The number of rotatable bonds is 8. The first kappa shape index (κ1) is 23.5. The van der Waals surface area contributed by atoms with Gasteiger partial charge in [0.05, 0.1) is 14.2 Å². The van der Waals surface area contributed by atoms with Gasteiger partial charge < -0.3 is 18.9 Å². The molecule has 10 heteroatoms. The molecule has 0 spiro atoms. The molecule has 2 heterocycles. The SMILES string of the molecule is COc1ccc(OC)c(S(=O)(=O)NCC(c2ccc3c(c2)OCO3)N2CCCC2)c1.Cl. The molecule has 2 aromatic rings. The zero-order chi connectivity index (χ0) is 21.1. The highest BCUT2D eigenvalue weighted by molar-refractivity contribution is 7.89. The molecule has 0 saturated carbocycles. The predicted molar refractivity (Wildman–Crippen MR) is 118 cm³/mol. The Hall–Kier alpha value is -2.20. The molecule has 31 heavy (non-hydrogen) atoms. The number of fused-ring (bicyclic) bond motifs is 1. The number of hydrogen-bond acceptors (Lipinski definition) is 7. The molecule has 0 amide bonds. The quantitative estimate of drug-likeness (QED) is 0.634. The largest absolute Gasteiger partial charge is 0.497 e. The van der Waals surface area contributed by atoms with Crippen LogP contribution in [0.5, 0.6) is 23.0 Å². The molecule has 1 N–H and O–H groups in total. The standard InChI is InChI=1S/C21H26N2O6S.ClH/c1-26-16-6-8-19(27-2)21(12-16)30(24,25)22-13-17(23-9-3-4-10-23)15-5-7-18-20(11-15)29-14-28-18;/h5-8,11-12,17,22H,3-4,9-10,13-14H2,1-2H3;1H. The number of methoxy groups -OCH3 is 2. The van der Waals surface area contributed by atoms with Crippen molar-refractivity contribution in [3.05, 3.63) is 42.0 Å². The maximum absolute atomic E-state index is 13.1. The smallest absolute Gasteiger partial charge is 0.244 e. The normalized spacial score (nSPS) is 16.6. The van der Waals surface area contributed by atoms with Crippen LogP contribution in [0.15, 0.2) is 41.3 Å². The minimum Gasteiger partial charge on any atom is -0.497 e. The Kier molecular flexibility index (Phi) is 7.53. The van der Waals surface area contributed by atoms with Crippen LogP contribution in [0.3, 0.4) is 0 Å². The summed E-state index contributed by atoms with van der Waals surface area (Å²) in [7, 11) is -0.878. The van der Waals surface area contributed by atoms with Crippen LogP contribution in [0.4, 0.5) is 0 Å². The van der Waals surface area contributed by atoms with Gasteiger partial charge in [-0.25, -0.2) is 13.1 Å². The molecule has 0 bridgehead atoms. The molecule has 1 unspecified atom stereocenters. The predicted octanol–water partition coefficient (Wildman–Crippen LogP) is 2.97. The third-order valence-electron chi connectivity index (χ3n) is 5.49. The van der Waals surface area contributed by atoms with Gasteiger partial charge in [-0.2, -0.15) is 0 Å². The van der Waals surface area contributed by atoms with Crippen LogP contribution in [0.1, 0.15) is 24.4 Å². The van der Waals surface area contributed by atoms with Crippen LogP contribution < -0.4 is 23.7 Å². The number of nitrogens with one attached hydrogen (secondary N) is 1. The summed E-state index contributed by atoms with van der Waals surface area (Å²) in [5.74, 6) is 2.11. The van der Waals surface area contributed by atoms with E-state index in [2.05, 4.69) is 9.62 Å². The Labute approximate surface area is 188 Å². The minimum atomic E-state index is -3.82. The van der Waals surface area contributed by atoms with E-state index in [9.17, 15) is 8.42 Å². The van der Waals surface area contributed by atoms with Crippen molar-refractivity contribution >= 4 is 22.4 Å². The zero-order valence-electron chi connectivity index (χ0n) is 17.5. The Balaban J connectivity index is 0.00000272. The highest BCUT2D eigenvalue weighted by Gasteiger charge is 2.28. The first-order valence-electron chi connectivity index (χ1n) is 9.87. The molecule has 1 atom stereocenters. The van der Waals surface area contributed by atoms with Gasteiger partial charge in [-0.15, -0.1) is 12.4 Å². The Morgan fingerprint density at radius 3 is 2.48 bits per heavy atom. The van der Waals surface area contributed by atoms with E-state index >= 15 is 0 Å². The van der Waals surface area contributed by atoms with E-state index in [0.29, 0.717) is 17.2 Å². The van der Waals surface area contributed by atoms with E-state index in [1.807, 2.05) is 18.2 Å². The van der Waals surface area contributed by atoms with E-state index in [1.165, 1.54) is 20.3 Å². The van der Waals surface area contributed by atoms with Crippen molar-refractivity contribution in [1.29, 1.82) is 0 Å². The lowest BCUT2D eigenvalue weighted by Crippen LogP contribution is -2.36. The van der Waals surface area contributed by atoms with E-state index in [1.54, 1.807) is 12.1 Å². The fourth-order valence-corrected chi connectivity index (χ4v) is 5.11. The van der Waals surface area contributed by atoms with Crippen molar-refractivity contribution in [2.45, 2.75) is 23.8 Å². The molecule has 1 saturated heterocycles. The van der Waals surface area contributed by atoms with Gasteiger partial charge in [-0.3, -0.25) is 4.90 Å². The summed E-state index contributed by atoms with van der Waals surface area (Å²) in [5.41, 5.74) is 0.987. The summed E-state index contributed by atoms with van der Waals surface area (Å²) in [5, 5.41) is 0. The first-order valence-corrected chi connectivity index (χ1v) is 11.4. The van der Waals surface area contributed by atoms with Gasteiger partial charge in [-0.1, -0.05) is 6.07 Å². The molecule has 0 radical (unpaired) electrons. The second-order valence-corrected chi connectivity index (χ2v) is 8.98. The van der Waals surface area contributed by atoms with Gasteiger partial charge in [0.15, 0.2) is 11.5 Å². The number of benzene rings is 2. The van der Waals surface area contributed by atoms with E-state index in [0.717, 1.165) is 31.5 Å². The van der Waals surface area contributed by atoms with E-state index in [-0.39, 0.29) is 42.4 Å². The monoisotopic (exact) mass is 470 g/mol. The van der Waals surface area contributed by atoms with Crippen molar-refractivity contribution in [3.8, 4) is 23.0 Å². The lowest BCUT2D eigenvalue weighted by molar-refractivity contribution is 0.173. The molecule has 1 fully saturated rings. The van der Waals surface area contributed by atoms with Crippen molar-refractivity contribution in [1.82, 2.24) is 9.62 Å². The van der Waals surface area contributed by atoms with Crippen LogP contribution in [-0.2, 0) is 10.0 Å². The van der Waals surface area contributed by atoms with Gasteiger partial charge in [0, 0.05) is 18.7 Å². The summed E-state index contributed by atoms with van der Waals surface area (Å²) in [6.45, 7) is 2.27. The van der Waals surface area contributed by atoms with Gasteiger partial charge >= 0.3 is 0 Å². The summed E-state index contributed by atoms with van der Waals surface area (Å²) in [6, 6.07) is 10.4. The molecule has 4 rings (SSSR count). The first-order chi connectivity index (χ1) is 14.5. The summed E-state index contributed by atoms with van der Waals surface area (Å²) in [6.07, 6.45) is 2.19. The van der Waals surface area contributed by atoms with Crippen LogP contribution in [0.25, 0.3) is 0 Å². The van der Waals surface area contributed by atoms with Crippen molar-refractivity contribution in [3.63, 3.8) is 0 Å². The van der Waals surface area contributed by atoms with E-state index < -0.39 is 10.0 Å². The van der Waals surface area contributed by atoms with Crippen molar-refractivity contribution < 1.29 is 27.4 Å². The maximum Gasteiger partial charge on any atom is 0.244 e. The second-order valence-electron chi connectivity index (χ2n) is 7.24. The molecular formula is C21H27ClN2O6S. The fourth-order valence-electron chi connectivity index (χ4n) is 3.89. The second kappa shape index (κ2) is 9.95. The molecule has 170 valence electrons. The number of halogens is 1. The summed E-state index contributed by atoms with van der Waals surface area (Å²) in [4.78, 5) is 2.35. The lowest BCUT2D eigenvalue weighted by Gasteiger charge is -2.28. The number of likely N-dealkylation sites (tertiary alicyclic amines) is 1. The molecule has 2 aliphatic rings. The average molecular weight is 471 g/mol. The Bertz CT molecular complexity index is 1010. The molecule has 2 aliphatic heterocycles. The molecular weight excluding hydrogens is 444 g/mol. The Morgan fingerprint density at radius 2 is 1.77 bits per heavy atom. The fraction of sp³-hybridized carbons (Fsp3) is 0.429. The number of ether oxygens (including phenoxy) is 4. The third-order valence-corrected chi connectivity index (χ3v) is 6.93. The molecule has 0 aliphatic carbocycles. The molecule has 0 aromatic heterocycles. The minimum absolute atomic E-state index is 0. The zero-order valence-corrected chi connectivity index (χ0v) is 19.1. The van der Waals surface area contributed by atoms with Crippen LogP contribution >= 0.6 is 12.4 Å². The van der Waals surface area contributed by atoms with Crippen LogP contribution in [0.2, 0.25) is 0 Å². The average Bonchev–Trinajstić information content (AvgIpc) is 3.45. The highest BCUT2D eigenvalue weighted by Crippen LogP contribution is 2.36. The number of hydrogen-bond donors (Lipinski definition) is 1. The van der Waals surface area contributed by atoms with Crippen LogP contribution in [-0.4, -0.2) is 54.0 Å². The van der Waals surface area contributed by atoms with Gasteiger partial charge in [0.25, 0.3) is 0 Å². The lowest BCUT2D eigenvalue weighted by atomic mass is 10.1. The summed E-state index contributed by atoms with van der Waals surface area (Å²) < 4.78 is 50.3. The maximum atomic E-state index is 13.1. The number of sulfonamides is 1. The van der Waals surface area contributed by atoms with Crippen molar-refractivity contribution in [2.75, 3.05) is 40.6 Å². The van der Waals surface area contributed by atoms with Gasteiger partial charge in [0.1, 0.15) is 16.4 Å². The summed E-state index contributed by atoms with van der Waals surface area (Å²) >= 11 is 0. The van der Waals surface area contributed by atoms with E-state index in [4.69, 9.17) is 18.9 Å². The van der Waals surface area contributed by atoms with Gasteiger partial charge in [0.2, 0.25) is 16.8 Å². The highest BCUT2D eigenvalue weighted by atomic mass is 35.5. The van der Waals surface area contributed by atoms with Crippen LogP contribution in [0, 0.1) is 0 Å². The molecule has 8 nitrogen and oxygen atoms in total. The molecule has 2 aromatic carbocycles. The topological polar surface area (TPSA) is 86.3 Å². The number of nitrogens with zero attached hydrogens (tertiary/aromatic N) is 1. The van der Waals surface area contributed by atoms with Crippen molar-refractivity contribution in [2.24, 2.45) is 0 Å².